The molecule has 0 saturated heterocycles. The van der Waals surface area contributed by atoms with E-state index in [0.717, 1.165) is 13.0 Å². The van der Waals surface area contributed by atoms with Crippen LogP contribution in [0.15, 0.2) is 41.1 Å². The van der Waals surface area contributed by atoms with Crippen LogP contribution in [0, 0.1) is 6.92 Å². The van der Waals surface area contributed by atoms with E-state index in [9.17, 15) is 0 Å². The average molecular weight is 245 g/mol. The van der Waals surface area contributed by atoms with Crippen molar-refractivity contribution in [3.63, 3.8) is 0 Å². The van der Waals surface area contributed by atoms with Crippen LogP contribution in [0.5, 0.6) is 0 Å². The summed E-state index contributed by atoms with van der Waals surface area (Å²) in [7, 11) is 0. The van der Waals surface area contributed by atoms with E-state index in [0.29, 0.717) is 6.04 Å². The molecule has 17 heavy (non-hydrogen) atoms. The van der Waals surface area contributed by atoms with Crippen molar-refractivity contribution in [3.05, 3.63) is 57.8 Å². The van der Waals surface area contributed by atoms with Gasteiger partial charge in [-0.05, 0) is 47.3 Å². The molecule has 2 heteroatoms. The summed E-state index contributed by atoms with van der Waals surface area (Å²) in [6.07, 6.45) is 1.16. The van der Waals surface area contributed by atoms with Crippen molar-refractivity contribution < 1.29 is 0 Å². The third-order valence-corrected chi connectivity index (χ3v) is 3.82. The van der Waals surface area contributed by atoms with Crippen molar-refractivity contribution in [2.75, 3.05) is 6.54 Å². The Balaban J connectivity index is 2.29. The molecule has 1 aromatic carbocycles. The van der Waals surface area contributed by atoms with Gasteiger partial charge in [0.2, 0.25) is 0 Å². The minimum Gasteiger partial charge on any atom is -0.306 e. The predicted molar refractivity (Wildman–Crippen MR) is 75.6 cm³/mol. The Labute approximate surface area is 108 Å². The van der Waals surface area contributed by atoms with Crippen LogP contribution < -0.4 is 5.32 Å². The molecule has 2 rings (SSSR count). The van der Waals surface area contributed by atoms with E-state index >= 15 is 0 Å². The van der Waals surface area contributed by atoms with Crippen molar-refractivity contribution in [1.82, 2.24) is 5.32 Å². The number of hydrogen-bond donors (Lipinski definition) is 1. The summed E-state index contributed by atoms with van der Waals surface area (Å²) in [6, 6.07) is 11.0. The molecular weight excluding hydrogens is 226 g/mol. The molecule has 1 atom stereocenters. The number of nitrogens with one attached hydrogen (secondary N) is 1. The monoisotopic (exact) mass is 245 g/mol. The summed E-state index contributed by atoms with van der Waals surface area (Å²) in [5.41, 5.74) is 4.14. The maximum atomic E-state index is 3.64. The highest BCUT2D eigenvalue weighted by Gasteiger charge is 2.15. The summed E-state index contributed by atoms with van der Waals surface area (Å²) in [6.45, 7) is 5.44. The van der Waals surface area contributed by atoms with Gasteiger partial charge in [-0.1, -0.05) is 37.3 Å². The van der Waals surface area contributed by atoms with Crippen molar-refractivity contribution in [1.29, 1.82) is 0 Å². The van der Waals surface area contributed by atoms with Crippen LogP contribution in [0.3, 0.4) is 0 Å². The highest BCUT2D eigenvalue weighted by Crippen LogP contribution is 2.27. The van der Waals surface area contributed by atoms with Crippen molar-refractivity contribution in [2.24, 2.45) is 0 Å². The molecule has 1 aromatic heterocycles. The molecular formula is C15H19NS. The van der Waals surface area contributed by atoms with E-state index in [4.69, 9.17) is 0 Å². The van der Waals surface area contributed by atoms with E-state index in [1.807, 2.05) is 0 Å². The molecule has 1 heterocycles. The molecule has 0 aliphatic heterocycles. The lowest BCUT2D eigenvalue weighted by atomic mass is 9.98. The predicted octanol–water partition coefficient (Wildman–Crippen LogP) is 4.15. The molecule has 0 saturated carbocycles. The third-order valence-electron chi connectivity index (χ3n) is 2.94. The normalized spacial score (nSPS) is 12.6. The van der Waals surface area contributed by atoms with Crippen molar-refractivity contribution >= 4 is 11.3 Å². The van der Waals surface area contributed by atoms with E-state index in [1.54, 1.807) is 11.3 Å². The topological polar surface area (TPSA) is 12.0 Å². The third kappa shape index (κ3) is 2.96. The summed E-state index contributed by atoms with van der Waals surface area (Å²) in [5, 5.41) is 8.12. The lowest BCUT2D eigenvalue weighted by molar-refractivity contribution is 0.598. The Morgan fingerprint density at radius 2 is 1.94 bits per heavy atom. The number of benzene rings is 1. The molecule has 2 aromatic rings. The largest absolute Gasteiger partial charge is 0.306 e. The van der Waals surface area contributed by atoms with Crippen LogP contribution >= 0.6 is 11.3 Å². The van der Waals surface area contributed by atoms with Crippen LogP contribution in [0.2, 0.25) is 0 Å². The number of aryl methyl sites for hydroxylation is 1. The molecule has 0 radical (unpaired) electrons. The van der Waals surface area contributed by atoms with Gasteiger partial charge in [-0.15, -0.1) is 0 Å². The molecule has 90 valence electrons. The average Bonchev–Trinajstić information content (AvgIpc) is 2.78. The Bertz CT molecular complexity index is 447. The summed E-state index contributed by atoms with van der Waals surface area (Å²) in [4.78, 5) is 0. The number of thiophene rings is 1. The molecule has 1 unspecified atom stereocenters. The van der Waals surface area contributed by atoms with Gasteiger partial charge in [-0.2, -0.15) is 11.3 Å². The fourth-order valence-electron chi connectivity index (χ4n) is 2.01. The smallest absolute Gasteiger partial charge is 0.0587 e. The lowest BCUT2D eigenvalue weighted by Crippen LogP contribution is -2.23. The second-order valence-electron chi connectivity index (χ2n) is 4.31. The molecule has 1 nitrogen and oxygen atoms in total. The second-order valence-corrected chi connectivity index (χ2v) is 5.05. The van der Waals surface area contributed by atoms with Crippen LogP contribution in [0.4, 0.5) is 0 Å². The standard InChI is InChI=1S/C15H19NS/c1-3-9-16-15(13-7-5-4-6-8-13)14-11-17-10-12(14)2/h4-8,10-11,15-16H,3,9H2,1-2H3. The Morgan fingerprint density at radius 1 is 1.18 bits per heavy atom. The molecule has 0 aliphatic rings. The molecule has 0 amide bonds. The van der Waals surface area contributed by atoms with Gasteiger partial charge in [-0.25, -0.2) is 0 Å². The molecule has 0 fully saturated rings. The maximum Gasteiger partial charge on any atom is 0.0587 e. The quantitative estimate of drug-likeness (QED) is 0.834. The Hall–Kier alpha value is -1.12. The summed E-state index contributed by atoms with van der Waals surface area (Å²) >= 11 is 1.78. The van der Waals surface area contributed by atoms with Crippen LogP contribution in [-0.4, -0.2) is 6.54 Å². The van der Waals surface area contributed by atoms with Crippen molar-refractivity contribution in [2.45, 2.75) is 26.3 Å². The van der Waals surface area contributed by atoms with Gasteiger partial charge >= 0.3 is 0 Å². The summed E-state index contributed by atoms with van der Waals surface area (Å²) < 4.78 is 0. The zero-order valence-corrected chi connectivity index (χ0v) is 11.3. The van der Waals surface area contributed by atoms with Gasteiger partial charge in [-0.3, -0.25) is 0 Å². The Morgan fingerprint density at radius 3 is 2.53 bits per heavy atom. The number of hydrogen-bond acceptors (Lipinski definition) is 2. The van der Waals surface area contributed by atoms with Crippen LogP contribution in [0.25, 0.3) is 0 Å². The maximum absolute atomic E-state index is 3.64. The first-order chi connectivity index (χ1) is 8.33. The first-order valence-electron chi connectivity index (χ1n) is 6.14. The van der Waals surface area contributed by atoms with Gasteiger partial charge in [0.1, 0.15) is 0 Å². The first kappa shape index (κ1) is 12.3. The van der Waals surface area contributed by atoms with E-state index in [1.165, 1.54) is 16.7 Å². The van der Waals surface area contributed by atoms with Crippen molar-refractivity contribution in [3.8, 4) is 0 Å². The second kappa shape index (κ2) is 5.99. The molecule has 0 spiro atoms. The highest BCUT2D eigenvalue weighted by atomic mass is 32.1. The van der Waals surface area contributed by atoms with Gasteiger partial charge < -0.3 is 5.32 Å². The van der Waals surface area contributed by atoms with Gasteiger partial charge in [0.25, 0.3) is 0 Å². The minimum absolute atomic E-state index is 0.336. The van der Waals surface area contributed by atoms with E-state index < -0.39 is 0 Å². The molecule has 0 bridgehead atoms. The molecule has 0 aliphatic carbocycles. The number of rotatable bonds is 5. The SMILES string of the molecule is CCCNC(c1ccccc1)c1cscc1C. The van der Waals surface area contributed by atoms with Gasteiger partial charge in [0.05, 0.1) is 6.04 Å². The zero-order chi connectivity index (χ0) is 12.1. The van der Waals surface area contributed by atoms with Gasteiger partial charge in [0, 0.05) is 0 Å². The van der Waals surface area contributed by atoms with E-state index in [2.05, 4.69) is 60.3 Å². The fourth-order valence-corrected chi connectivity index (χ4v) is 2.88. The van der Waals surface area contributed by atoms with E-state index in [-0.39, 0.29) is 0 Å². The lowest BCUT2D eigenvalue weighted by Gasteiger charge is -2.19. The zero-order valence-electron chi connectivity index (χ0n) is 10.4. The first-order valence-corrected chi connectivity index (χ1v) is 7.08. The van der Waals surface area contributed by atoms with Gasteiger partial charge in [0.15, 0.2) is 0 Å². The van der Waals surface area contributed by atoms with Crippen LogP contribution in [-0.2, 0) is 0 Å². The fraction of sp³-hybridized carbons (Fsp3) is 0.333. The molecule has 1 N–H and O–H groups in total. The summed E-state index contributed by atoms with van der Waals surface area (Å²) in [5.74, 6) is 0. The van der Waals surface area contributed by atoms with Crippen LogP contribution in [0.1, 0.15) is 36.1 Å². The highest BCUT2D eigenvalue weighted by molar-refractivity contribution is 7.08. The Kier molecular flexibility index (Phi) is 4.35. The minimum atomic E-state index is 0.336.